The van der Waals surface area contributed by atoms with Crippen LogP contribution in [0.25, 0.3) is 0 Å². The summed E-state index contributed by atoms with van der Waals surface area (Å²) >= 11 is 1.73. The maximum absolute atomic E-state index is 12.3. The molecule has 0 aromatic carbocycles. The summed E-state index contributed by atoms with van der Waals surface area (Å²) in [5.74, 6) is 0.720. The van der Waals surface area contributed by atoms with E-state index in [0.29, 0.717) is 12.6 Å². The number of amides is 2. The molecule has 2 aromatic rings. The molecule has 2 aromatic heterocycles. The van der Waals surface area contributed by atoms with Crippen molar-refractivity contribution in [3.8, 4) is 0 Å². The van der Waals surface area contributed by atoms with Crippen LogP contribution < -0.4 is 5.32 Å². The van der Waals surface area contributed by atoms with Gasteiger partial charge in [0.05, 0.1) is 12.2 Å². The minimum absolute atomic E-state index is 0.0194. The first kappa shape index (κ1) is 16.9. The SMILES string of the molecule is Cc1nccc(CNC(=O)N2CCN([C@H](C)c3ccsc3)CC2)n1. The second kappa shape index (κ2) is 7.72. The van der Waals surface area contributed by atoms with E-state index in [1.54, 1.807) is 17.5 Å². The van der Waals surface area contributed by atoms with Gasteiger partial charge in [0, 0.05) is 38.4 Å². The number of hydrogen-bond acceptors (Lipinski definition) is 5. The lowest BCUT2D eigenvalue weighted by Gasteiger charge is -2.37. The third kappa shape index (κ3) is 4.10. The smallest absolute Gasteiger partial charge is 0.317 e. The Labute approximate surface area is 146 Å². The van der Waals surface area contributed by atoms with Gasteiger partial charge in [-0.25, -0.2) is 14.8 Å². The van der Waals surface area contributed by atoms with Crippen LogP contribution in [0, 0.1) is 6.92 Å². The molecular formula is C17H23N5OS. The quantitative estimate of drug-likeness (QED) is 0.924. The van der Waals surface area contributed by atoms with E-state index >= 15 is 0 Å². The molecule has 1 saturated heterocycles. The Morgan fingerprint density at radius 2 is 2.12 bits per heavy atom. The molecule has 128 valence electrons. The zero-order valence-corrected chi connectivity index (χ0v) is 14.9. The Bertz CT molecular complexity index is 667. The predicted molar refractivity (Wildman–Crippen MR) is 94.9 cm³/mol. The van der Waals surface area contributed by atoms with Crippen LogP contribution >= 0.6 is 11.3 Å². The van der Waals surface area contributed by atoms with Crippen LogP contribution in [0.2, 0.25) is 0 Å². The lowest BCUT2D eigenvalue weighted by atomic mass is 10.1. The van der Waals surface area contributed by atoms with Gasteiger partial charge in [-0.1, -0.05) is 0 Å². The Balaban J connectivity index is 1.46. The fraction of sp³-hybridized carbons (Fsp3) is 0.471. The molecule has 1 aliphatic rings. The summed E-state index contributed by atoms with van der Waals surface area (Å²) in [6, 6.07) is 4.39. The van der Waals surface area contributed by atoms with E-state index in [2.05, 4.69) is 43.9 Å². The zero-order chi connectivity index (χ0) is 16.9. The van der Waals surface area contributed by atoms with Crippen LogP contribution in [0.15, 0.2) is 29.1 Å². The highest BCUT2D eigenvalue weighted by Crippen LogP contribution is 2.23. The number of urea groups is 1. The van der Waals surface area contributed by atoms with Crippen LogP contribution in [0.5, 0.6) is 0 Å². The first-order valence-corrected chi connectivity index (χ1v) is 9.15. The molecule has 0 saturated carbocycles. The van der Waals surface area contributed by atoms with Crippen LogP contribution in [0.1, 0.15) is 30.0 Å². The van der Waals surface area contributed by atoms with Gasteiger partial charge in [-0.05, 0) is 42.3 Å². The van der Waals surface area contributed by atoms with Gasteiger partial charge in [0.15, 0.2) is 0 Å². The van der Waals surface area contributed by atoms with Gasteiger partial charge >= 0.3 is 6.03 Å². The molecule has 0 spiro atoms. The largest absolute Gasteiger partial charge is 0.332 e. The summed E-state index contributed by atoms with van der Waals surface area (Å²) < 4.78 is 0. The van der Waals surface area contributed by atoms with Gasteiger partial charge in [0.1, 0.15) is 5.82 Å². The molecule has 7 heteroatoms. The minimum Gasteiger partial charge on any atom is -0.332 e. The Hall–Kier alpha value is -1.99. The Morgan fingerprint density at radius 1 is 1.33 bits per heavy atom. The molecule has 1 N–H and O–H groups in total. The van der Waals surface area contributed by atoms with Crippen LogP contribution in [-0.4, -0.2) is 52.0 Å². The molecule has 3 rings (SSSR count). The average Bonchev–Trinajstić information content (AvgIpc) is 3.14. The van der Waals surface area contributed by atoms with Crippen molar-refractivity contribution in [3.63, 3.8) is 0 Å². The summed E-state index contributed by atoms with van der Waals surface area (Å²) in [5, 5.41) is 7.26. The van der Waals surface area contributed by atoms with Crippen molar-refractivity contribution in [1.29, 1.82) is 0 Å². The number of carbonyl (C=O) groups excluding carboxylic acids is 1. The van der Waals surface area contributed by atoms with E-state index in [9.17, 15) is 4.79 Å². The monoisotopic (exact) mass is 345 g/mol. The molecular weight excluding hydrogens is 322 g/mol. The maximum Gasteiger partial charge on any atom is 0.317 e. The predicted octanol–water partition coefficient (Wildman–Crippen LogP) is 2.43. The number of carbonyl (C=O) groups is 1. The molecule has 0 radical (unpaired) electrons. The van der Waals surface area contributed by atoms with Gasteiger partial charge in [-0.15, -0.1) is 0 Å². The second-order valence-corrected chi connectivity index (χ2v) is 6.79. The van der Waals surface area contributed by atoms with Crippen molar-refractivity contribution in [2.75, 3.05) is 26.2 Å². The van der Waals surface area contributed by atoms with Gasteiger partial charge < -0.3 is 10.2 Å². The number of nitrogens with zero attached hydrogens (tertiary/aromatic N) is 4. The molecule has 0 bridgehead atoms. The van der Waals surface area contributed by atoms with Gasteiger partial charge in [0.25, 0.3) is 0 Å². The first-order chi connectivity index (χ1) is 11.6. The van der Waals surface area contributed by atoms with Crippen LogP contribution in [-0.2, 0) is 6.54 Å². The molecule has 3 heterocycles. The lowest BCUT2D eigenvalue weighted by Crippen LogP contribution is -2.52. The van der Waals surface area contributed by atoms with Crippen LogP contribution in [0.4, 0.5) is 4.79 Å². The van der Waals surface area contributed by atoms with Crippen LogP contribution in [0.3, 0.4) is 0 Å². The topological polar surface area (TPSA) is 61.4 Å². The van der Waals surface area contributed by atoms with Crippen molar-refractivity contribution in [3.05, 3.63) is 46.2 Å². The first-order valence-electron chi connectivity index (χ1n) is 8.21. The molecule has 1 fully saturated rings. The highest BCUT2D eigenvalue weighted by molar-refractivity contribution is 7.07. The number of thiophene rings is 1. The summed E-state index contributed by atoms with van der Waals surface area (Å²) in [4.78, 5) is 25.0. The highest BCUT2D eigenvalue weighted by atomic mass is 32.1. The summed E-state index contributed by atoms with van der Waals surface area (Å²) in [6.07, 6.45) is 1.72. The van der Waals surface area contributed by atoms with Crippen molar-refractivity contribution in [1.82, 2.24) is 25.1 Å². The number of rotatable bonds is 4. The number of piperazine rings is 1. The van der Waals surface area contributed by atoms with E-state index in [1.807, 2.05) is 17.9 Å². The minimum atomic E-state index is -0.0194. The van der Waals surface area contributed by atoms with Crippen molar-refractivity contribution < 1.29 is 4.79 Å². The number of aromatic nitrogens is 2. The van der Waals surface area contributed by atoms with Crippen molar-refractivity contribution in [2.24, 2.45) is 0 Å². The number of nitrogens with one attached hydrogen (secondary N) is 1. The van der Waals surface area contributed by atoms with Gasteiger partial charge in [-0.3, -0.25) is 4.90 Å². The third-order valence-electron chi connectivity index (χ3n) is 4.43. The van der Waals surface area contributed by atoms with Gasteiger partial charge in [-0.2, -0.15) is 11.3 Å². The van der Waals surface area contributed by atoms with E-state index in [-0.39, 0.29) is 6.03 Å². The molecule has 0 aliphatic carbocycles. The van der Waals surface area contributed by atoms with E-state index in [0.717, 1.165) is 37.7 Å². The standard InChI is InChI=1S/C17H23N5OS/c1-13(15-4-10-24-12-15)21-6-8-22(9-7-21)17(23)19-11-16-3-5-18-14(2)20-16/h3-5,10,12-13H,6-9,11H2,1-2H3,(H,19,23)/t13-/m1/s1. The Morgan fingerprint density at radius 3 is 2.79 bits per heavy atom. The summed E-state index contributed by atoms with van der Waals surface area (Å²) in [5.41, 5.74) is 2.19. The zero-order valence-electron chi connectivity index (χ0n) is 14.1. The summed E-state index contributed by atoms with van der Waals surface area (Å²) in [7, 11) is 0. The van der Waals surface area contributed by atoms with Gasteiger partial charge in [0.2, 0.25) is 0 Å². The van der Waals surface area contributed by atoms with E-state index in [1.165, 1.54) is 5.56 Å². The normalized spacial score (nSPS) is 16.8. The molecule has 24 heavy (non-hydrogen) atoms. The second-order valence-electron chi connectivity index (χ2n) is 6.01. The fourth-order valence-electron chi connectivity index (χ4n) is 2.92. The summed E-state index contributed by atoms with van der Waals surface area (Å²) in [6.45, 7) is 7.82. The third-order valence-corrected chi connectivity index (χ3v) is 5.13. The maximum atomic E-state index is 12.3. The Kier molecular flexibility index (Phi) is 5.42. The molecule has 1 aliphatic heterocycles. The van der Waals surface area contributed by atoms with E-state index in [4.69, 9.17) is 0 Å². The average molecular weight is 345 g/mol. The fourth-order valence-corrected chi connectivity index (χ4v) is 3.66. The van der Waals surface area contributed by atoms with Crippen molar-refractivity contribution >= 4 is 17.4 Å². The number of hydrogen-bond donors (Lipinski definition) is 1. The molecule has 0 unspecified atom stereocenters. The molecule has 2 amide bonds. The van der Waals surface area contributed by atoms with Crippen molar-refractivity contribution in [2.45, 2.75) is 26.4 Å². The van der Waals surface area contributed by atoms with E-state index < -0.39 is 0 Å². The number of aryl methyl sites for hydroxylation is 1. The highest BCUT2D eigenvalue weighted by Gasteiger charge is 2.24. The molecule has 1 atom stereocenters. The lowest BCUT2D eigenvalue weighted by molar-refractivity contribution is 0.114. The molecule has 6 nitrogen and oxygen atoms in total.